The second-order valence-electron chi connectivity index (χ2n) is 5.29. The number of halogens is 3. The second-order valence-corrected chi connectivity index (χ2v) is 5.29. The maximum absolute atomic E-state index is 12.6. The number of rotatable bonds is 6. The summed E-state index contributed by atoms with van der Waals surface area (Å²) in [5, 5.41) is 5.26. The average Bonchev–Trinajstić information content (AvgIpc) is 3.27. The summed E-state index contributed by atoms with van der Waals surface area (Å²) in [5.41, 5.74) is -0.469. The zero-order chi connectivity index (χ0) is 16.2. The van der Waals surface area contributed by atoms with Gasteiger partial charge in [-0.2, -0.15) is 13.2 Å². The lowest BCUT2D eigenvalue weighted by molar-refractivity contribution is -0.137. The minimum Gasteiger partial charge on any atom is -0.354 e. The Balaban J connectivity index is 1.73. The molecule has 0 unspecified atom stereocenters. The highest BCUT2D eigenvalue weighted by Gasteiger charge is 2.30. The Morgan fingerprint density at radius 1 is 1.14 bits per heavy atom. The van der Waals surface area contributed by atoms with Crippen molar-refractivity contribution in [2.75, 3.05) is 13.1 Å². The van der Waals surface area contributed by atoms with Crippen molar-refractivity contribution in [2.24, 2.45) is 5.92 Å². The van der Waals surface area contributed by atoms with Crippen LogP contribution in [0, 0.1) is 5.92 Å². The van der Waals surface area contributed by atoms with E-state index in [-0.39, 0.29) is 30.7 Å². The number of carbonyl (C=O) groups is 2. The van der Waals surface area contributed by atoms with E-state index in [9.17, 15) is 22.8 Å². The van der Waals surface area contributed by atoms with Crippen LogP contribution >= 0.6 is 0 Å². The molecule has 0 atom stereocenters. The lowest BCUT2D eigenvalue weighted by Gasteiger charge is -2.09. The van der Waals surface area contributed by atoms with Crippen LogP contribution in [0.2, 0.25) is 0 Å². The van der Waals surface area contributed by atoms with Crippen LogP contribution in [0.1, 0.15) is 24.0 Å². The zero-order valence-corrected chi connectivity index (χ0v) is 11.9. The Bertz CT molecular complexity index is 554. The quantitative estimate of drug-likeness (QED) is 0.788. The molecule has 2 rings (SSSR count). The monoisotopic (exact) mass is 314 g/mol. The van der Waals surface area contributed by atoms with Gasteiger partial charge in [-0.25, -0.2) is 0 Å². The molecule has 0 bridgehead atoms. The van der Waals surface area contributed by atoms with Gasteiger partial charge in [0.15, 0.2) is 0 Å². The van der Waals surface area contributed by atoms with Gasteiger partial charge >= 0.3 is 6.18 Å². The van der Waals surface area contributed by atoms with E-state index in [1.54, 1.807) is 0 Å². The van der Waals surface area contributed by atoms with Crippen LogP contribution in [0.5, 0.6) is 0 Å². The third-order valence-electron chi connectivity index (χ3n) is 3.31. The molecule has 0 aliphatic heterocycles. The fourth-order valence-electron chi connectivity index (χ4n) is 1.98. The molecule has 22 heavy (non-hydrogen) atoms. The first-order chi connectivity index (χ1) is 10.4. The van der Waals surface area contributed by atoms with Gasteiger partial charge in [0, 0.05) is 19.0 Å². The summed E-state index contributed by atoms with van der Waals surface area (Å²) in [5.74, 6) is -0.270. The van der Waals surface area contributed by atoms with E-state index >= 15 is 0 Å². The Morgan fingerprint density at radius 2 is 1.82 bits per heavy atom. The number of benzene rings is 1. The van der Waals surface area contributed by atoms with Crippen LogP contribution in [-0.4, -0.2) is 24.9 Å². The molecule has 4 nitrogen and oxygen atoms in total. The topological polar surface area (TPSA) is 58.2 Å². The Hall–Kier alpha value is -2.05. The van der Waals surface area contributed by atoms with Crippen molar-refractivity contribution in [3.63, 3.8) is 0 Å². The Kier molecular flexibility index (Phi) is 5.05. The summed E-state index contributed by atoms with van der Waals surface area (Å²) in [7, 11) is 0. The predicted molar refractivity (Wildman–Crippen MR) is 73.9 cm³/mol. The minimum atomic E-state index is -4.42. The molecule has 2 amide bonds. The van der Waals surface area contributed by atoms with Crippen LogP contribution in [-0.2, 0) is 22.2 Å². The van der Waals surface area contributed by atoms with Gasteiger partial charge in [0.25, 0.3) is 0 Å². The van der Waals surface area contributed by atoms with Gasteiger partial charge in [-0.15, -0.1) is 0 Å². The van der Waals surface area contributed by atoms with Gasteiger partial charge in [-0.1, -0.05) is 18.2 Å². The number of hydrogen-bond acceptors (Lipinski definition) is 2. The predicted octanol–water partition coefficient (Wildman–Crippen LogP) is 1.89. The van der Waals surface area contributed by atoms with Crippen molar-refractivity contribution < 1.29 is 22.8 Å². The van der Waals surface area contributed by atoms with Gasteiger partial charge < -0.3 is 10.6 Å². The van der Waals surface area contributed by atoms with Crippen molar-refractivity contribution in [2.45, 2.75) is 25.4 Å². The van der Waals surface area contributed by atoms with E-state index < -0.39 is 11.7 Å². The molecule has 1 aromatic carbocycles. The van der Waals surface area contributed by atoms with Gasteiger partial charge in [0.05, 0.1) is 12.0 Å². The highest BCUT2D eigenvalue weighted by molar-refractivity contribution is 5.81. The normalized spacial score (nSPS) is 14.5. The molecule has 1 aromatic rings. The van der Waals surface area contributed by atoms with E-state index in [1.165, 1.54) is 12.1 Å². The second kappa shape index (κ2) is 6.81. The smallest absolute Gasteiger partial charge is 0.354 e. The number of alkyl halides is 3. The molecule has 0 saturated heterocycles. The summed E-state index contributed by atoms with van der Waals surface area (Å²) in [6.45, 7) is 0.583. The number of amides is 2. The van der Waals surface area contributed by atoms with Crippen LogP contribution in [0.25, 0.3) is 0 Å². The van der Waals surface area contributed by atoms with Gasteiger partial charge in [0.2, 0.25) is 11.8 Å². The lowest BCUT2D eigenvalue weighted by Crippen LogP contribution is -2.35. The maximum atomic E-state index is 12.6. The highest BCUT2D eigenvalue weighted by Crippen LogP contribution is 2.29. The summed E-state index contributed by atoms with van der Waals surface area (Å²) in [6, 6.07) is 4.69. The largest absolute Gasteiger partial charge is 0.416 e. The minimum absolute atomic E-state index is 0.00729. The lowest BCUT2D eigenvalue weighted by atomic mass is 10.1. The summed E-state index contributed by atoms with van der Waals surface area (Å²) in [4.78, 5) is 23.0. The molecular weight excluding hydrogens is 297 g/mol. The van der Waals surface area contributed by atoms with Crippen LogP contribution < -0.4 is 10.6 Å². The van der Waals surface area contributed by atoms with Gasteiger partial charge in [0.1, 0.15) is 0 Å². The third kappa shape index (κ3) is 5.05. The zero-order valence-electron chi connectivity index (χ0n) is 11.9. The molecule has 120 valence electrons. The molecule has 0 aromatic heterocycles. The van der Waals surface area contributed by atoms with E-state index in [2.05, 4.69) is 10.6 Å². The first kappa shape index (κ1) is 16.3. The van der Waals surface area contributed by atoms with Gasteiger partial charge in [-0.05, 0) is 24.5 Å². The Morgan fingerprint density at radius 3 is 2.45 bits per heavy atom. The molecule has 2 N–H and O–H groups in total. The van der Waals surface area contributed by atoms with Crippen molar-refractivity contribution in [1.82, 2.24) is 10.6 Å². The van der Waals surface area contributed by atoms with Crippen molar-refractivity contribution in [3.8, 4) is 0 Å². The van der Waals surface area contributed by atoms with Crippen LogP contribution in [0.4, 0.5) is 13.2 Å². The molecule has 1 fully saturated rings. The number of hydrogen-bond donors (Lipinski definition) is 2. The van der Waals surface area contributed by atoms with Gasteiger partial charge in [-0.3, -0.25) is 9.59 Å². The average molecular weight is 314 g/mol. The maximum Gasteiger partial charge on any atom is 0.416 e. The van der Waals surface area contributed by atoms with Crippen LogP contribution in [0.3, 0.4) is 0 Å². The molecule has 0 spiro atoms. The fourth-order valence-corrected chi connectivity index (χ4v) is 1.98. The highest BCUT2D eigenvalue weighted by atomic mass is 19.4. The van der Waals surface area contributed by atoms with E-state index in [1.807, 2.05) is 0 Å². The fraction of sp³-hybridized carbons (Fsp3) is 0.467. The molecule has 0 heterocycles. The summed E-state index contributed by atoms with van der Waals surface area (Å²) >= 11 is 0. The van der Waals surface area contributed by atoms with Crippen molar-refractivity contribution in [3.05, 3.63) is 35.4 Å². The molecule has 1 saturated carbocycles. The molecule has 0 radical (unpaired) electrons. The van der Waals surface area contributed by atoms with E-state index in [0.717, 1.165) is 25.0 Å². The standard InChI is InChI=1S/C15H17F3N2O2/c16-15(17,18)12-3-1-2-10(8-12)9-13(21)19-6-7-20-14(22)11-4-5-11/h1-3,8,11H,4-7,9H2,(H,19,21)(H,20,22). The number of carbonyl (C=O) groups excluding carboxylic acids is 2. The molecule has 1 aliphatic carbocycles. The van der Waals surface area contributed by atoms with Crippen molar-refractivity contribution >= 4 is 11.8 Å². The first-order valence-electron chi connectivity index (χ1n) is 7.07. The molecular formula is C15H17F3N2O2. The van der Waals surface area contributed by atoms with E-state index in [4.69, 9.17) is 0 Å². The molecule has 1 aliphatic rings. The van der Waals surface area contributed by atoms with Crippen LogP contribution in [0.15, 0.2) is 24.3 Å². The third-order valence-corrected chi connectivity index (χ3v) is 3.31. The van der Waals surface area contributed by atoms with Crippen molar-refractivity contribution in [1.29, 1.82) is 0 Å². The van der Waals surface area contributed by atoms with E-state index in [0.29, 0.717) is 12.1 Å². The first-order valence-corrected chi connectivity index (χ1v) is 7.07. The SMILES string of the molecule is O=C(Cc1cccc(C(F)(F)F)c1)NCCNC(=O)C1CC1. The number of nitrogens with one attached hydrogen (secondary N) is 2. The summed E-state index contributed by atoms with van der Waals surface area (Å²) < 4.78 is 37.7. The Labute approximate surface area is 126 Å². The molecule has 7 heteroatoms. The summed E-state index contributed by atoms with van der Waals surface area (Å²) in [6.07, 6.45) is -2.72.